The zero-order valence-electron chi connectivity index (χ0n) is 8.89. The van der Waals surface area contributed by atoms with Crippen molar-refractivity contribution in [3.8, 4) is 0 Å². The molecule has 0 aromatic carbocycles. The van der Waals surface area contributed by atoms with E-state index in [2.05, 4.69) is 22.0 Å². The number of allylic oxidation sites excluding steroid dienone is 1. The van der Waals surface area contributed by atoms with Crippen LogP contribution in [0.3, 0.4) is 0 Å². The SMILES string of the molecule is C(=C1/CC2CCN1CC2)/c1cccnc1. The highest BCUT2D eigenvalue weighted by molar-refractivity contribution is 5.51. The first kappa shape index (κ1) is 8.96. The summed E-state index contributed by atoms with van der Waals surface area (Å²) in [6.45, 7) is 2.52. The molecule has 3 fully saturated rings. The normalized spacial score (nSPS) is 23.7. The van der Waals surface area contributed by atoms with Crippen molar-refractivity contribution >= 4 is 6.08 Å². The predicted molar refractivity (Wildman–Crippen MR) is 61.1 cm³/mol. The van der Waals surface area contributed by atoms with Crippen molar-refractivity contribution in [2.45, 2.75) is 19.3 Å². The number of fused-ring (bicyclic) bond motifs is 3. The van der Waals surface area contributed by atoms with E-state index in [9.17, 15) is 0 Å². The molecule has 4 heterocycles. The molecule has 0 radical (unpaired) electrons. The van der Waals surface area contributed by atoms with E-state index in [0.29, 0.717) is 0 Å². The Hall–Kier alpha value is -1.31. The average molecular weight is 200 g/mol. The van der Waals surface area contributed by atoms with Gasteiger partial charge in [-0.25, -0.2) is 0 Å². The number of hydrogen-bond donors (Lipinski definition) is 0. The number of pyridine rings is 1. The minimum absolute atomic E-state index is 0.943. The second-order valence-electron chi connectivity index (χ2n) is 4.56. The number of rotatable bonds is 1. The van der Waals surface area contributed by atoms with Crippen molar-refractivity contribution < 1.29 is 0 Å². The Kier molecular flexibility index (Phi) is 2.20. The molecule has 78 valence electrons. The van der Waals surface area contributed by atoms with Crippen LogP contribution >= 0.6 is 0 Å². The van der Waals surface area contributed by atoms with Crippen LogP contribution in [0.25, 0.3) is 6.08 Å². The third-order valence-electron chi connectivity index (χ3n) is 3.54. The molecule has 1 aromatic heterocycles. The Bertz CT molecular complexity index is 361. The first-order chi connectivity index (χ1) is 7.42. The fourth-order valence-corrected chi connectivity index (χ4v) is 2.65. The Labute approximate surface area is 90.6 Å². The number of nitrogens with zero attached hydrogens (tertiary/aromatic N) is 2. The third-order valence-corrected chi connectivity index (χ3v) is 3.54. The molecule has 0 amide bonds. The van der Waals surface area contributed by atoms with E-state index in [-0.39, 0.29) is 0 Å². The lowest BCUT2D eigenvalue weighted by Gasteiger charge is -2.42. The smallest absolute Gasteiger partial charge is 0.0340 e. The molecule has 2 nitrogen and oxygen atoms in total. The molecule has 1 aromatic rings. The van der Waals surface area contributed by atoms with Gasteiger partial charge >= 0.3 is 0 Å². The lowest BCUT2D eigenvalue weighted by Crippen LogP contribution is -2.39. The van der Waals surface area contributed by atoms with Gasteiger partial charge < -0.3 is 4.90 Å². The van der Waals surface area contributed by atoms with E-state index in [1.165, 1.54) is 43.6 Å². The molecule has 4 rings (SSSR count). The van der Waals surface area contributed by atoms with Crippen LogP contribution in [0, 0.1) is 5.92 Å². The lowest BCUT2D eigenvalue weighted by molar-refractivity contribution is 0.163. The van der Waals surface area contributed by atoms with Crippen LogP contribution in [0.2, 0.25) is 0 Å². The highest BCUT2D eigenvalue weighted by Crippen LogP contribution is 2.34. The summed E-state index contributed by atoms with van der Waals surface area (Å²) in [6.07, 6.45) is 10.1. The van der Waals surface area contributed by atoms with Crippen molar-refractivity contribution in [1.82, 2.24) is 9.88 Å². The van der Waals surface area contributed by atoms with Crippen molar-refractivity contribution in [1.29, 1.82) is 0 Å². The molecular weight excluding hydrogens is 184 g/mol. The fourth-order valence-electron chi connectivity index (χ4n) is 2.65. The highest BCUT2D eigenvalue weighted by Gasteiger charge is 2.28. The Morgan fingerprint density at radius 3 is 2.80 bits per heavy atom. The summed E-state index contributed by atoms with van der Waals surface area (Å²) in [6, 6.07) is 4.13. The van der Waals surface area contributed by atoms with Crippen LogP contribution in [-0.2, 0) is 0 Å². The molecule has 3 aliphatic rings. The monoisotopic (exact) mass is 200 g/mol. The van der Waals surface area contributed by atoms with E-state index in [4.69, 9.17) is 0 Å². The van der Waals surface area contributed by atoms with Crippen LogP contribution in [0.1, 0.15) is 24.8 Å². The van der Waals surface area contributed by atoms with Crippen molar-refractivity contribution in [3.05, 3.63) is 35.8 Å². The van der Waals surface area contributed by atoms with Gasteiger partial charge in [-0.05, 0) is 42.9 Å². The summed E-state index contributed by atoms with van der Waals surface area (Å²) in [7, 11) is 0. The summed E-state index contributed by atoms with van der Waals surface area (Å²) in [5.74, 6) is 0.943. The van der Waals surface area contributed by atoms with Crippen LogP contribution in [0.15, 0.2) is 30.2 Å². The molecule has 2 bridgehead atoms. The molecule has 3 saturated heterocycles. The first-order valence-electron chi connectivity index (χ1n) is 5.77. The fraction of sp³-hybridized carbons (Fsp3) is 0.462. The maximum atomic E-state index is 4.15. The van der Waals surface area contributed by atoms with E-state index < -0.39 is 0 Å². The number of aromatic nitrogens is 1. The summed E-state index contributed by atoms with van der Waals surface area (Å²) in [4.78, 5) is 6.68. The van der Waals surface area contributed by atoms with Gasteiger partial charge in [-0.2, -0.15) is 0 Å². The molecule has 0 unspecified atom stereocenters. The minimum atomic E-state index is 0.943. The van der Waals surface area contributed by atoms with Gasteiger partial charge in [-0.3, -0.25) is 4.98 Å². The Morgan fingerprint density at radius 2 is 2.20 bits per heavy atom. The van der Waals surface area contributed by atoms with Gasteiger partial charge in [0, 0.05) is 31.2 Å². The minimum Gasteiger partial charge on any atom is -0.375 e. The topological polar surface area (TPSA) is 16.1 Å². The first-order valence-corrected chi connectivity index (χ1v) is 5.77. The van der Waals surface area contributed by atoms with Crippen molar-refractivity contribution in [3.63, 3.8) is 0 Å². The van der Waals surface area contributed by atoms with E-state index in [1.807, 2.05) is 18.5 Å². The quantitative estimate of drug-likeness (QED) is 0.692. The second kappa shape index (κ2) is 3.69. The van der Waals surface area contributed by atoms with Crippen molar-refractivity contribution in [2.24, 2.45) is 5.92 Å². The van der Waals surface area contributed by atoms with Gasteiger partial charge in [0.05, 0.1) is 0 Å². The average Bonchev–Trinajstić information content (AvgIpc) is 2.32. The number of piperidine rings is 3. The van der Waals surface area contributed by atoms with Crippen LogP contribution < -0.4 is 0 Å². The molecule has 2 heteroatoms. The summed E-state index contributed by atoms with van der Waals surface area (Å²) >= 11 is 0. The molecule has 3 aliphatic heterocycles. The third kappa shape index (κ3) is 1.76. The van der Waals surface area contributed by atoms with Gasteiger partial charge in [-0.1, -0.05) is 6.07 Å². The zero-order chi connectivity index (χ0) is 10.1. The molecule has 0 atom stereocenters. The molecule has 0 saturated carbocycles. The van der Waals surface area contributed by atoms with Gasteiger partial charge in [0.2, 0.25) is 0 Å². The predicted octanol–water partition coefficient (Wildman–Crippen LogP) is 2.54. The van der Waals surface area contributed by atoms with Gasteiger partial charge in [-0.15, -0.1) is 0 Å². The second-order valence-corrected chi connectivity index (χ2v) is 4.56. The number of hydrogen-bond acceptors (Lipinski definition) is 2. The molecular formula is C13H16N2. The Morgan fingerprint density at radius 1 is 1.33 bits per heavy atom. The summed E-state index contributed by atoms with van der Waals surface area (Å²) in [5.41, 5.74) is 2.76. The maximum Gasteiger partial charge on any atom is 0.0340 e. The van der Waals surface area contributed by atoms with Crippen LogP contribution in [-0.4, -0.2) is 23.0 Å². The molecule has 15 heavy (non-hydrogen) atoms. The van der Waals surface area contributed by atoms with Crippen LogP contribution in [0.5, 0.6) is 0 Å². The molecule has 0 spiro atoms. The maximum absolute atomic E-state index is 4.15. The van der Waals surface area contributed by atoms with Gasteiger partial charge in [0.25, 0.3) is 0 Å². The standard InChI is InChI=1S/C13H16N2/c1-2-12(10-14-5-1)9-13-8-11-3-6-15(13)7-4-11/h1-2,5,9-11H,3-4,6-8H2/b13-9+. The van der Waals surface area contributed by atoms with Crippen molar-refractivity contribution in [2.75, 3.05) is 13.1 Å². The van der Waals surface area contributed by atoms with Gasteiger partial charge in [0.15, 0.2) is 0 Å². The largest absolute Gasteiger partial charge is 0.375 e. The Balaban J connectivity index is 1.85. The zero-order valence-corrected chi connectivity index (χ0v) is 8.89. The lowest BCUT2D eigenvalue weighted by atomic mass is 9.85. The van der Waals surface area contributed by atoms with E-state index >= 15 is 0 Å². The van der Waals surface area contributed by atoms with E-state index in [1.54, 1.807) is 0 Å². The molecule has 0 aliphatic carbocycles. The summed E-state index contributed by atoms with van der Waals surface area (Å²) in [5, 5.41) is 0. The van der Waals surface area contributed by atoms with Crippen LogP contribution in [0.4, 0.5) is 0 Å². The molecule has 0 N–H and O–H groups in total. The highest BCUT2D eigenvalue weighted by atomic mass is 15.2. The summed E-state index contributed by atoms with van der Waals surface area (Å²) < 4.78 is 0. The van der Waals surface area contributed by atoms with E-state index in [0.717, 1.165) is 5.92 Å². The van der Waals surface area contributed by atoms with Gasteiger partial charge in [0.1, 0.15) is 0 Å².